The fraction of sp³-hybridized carbons (Fsp3) is 0.211. The molecule has 0 saturated carbocycles. The molecule has 2 heterocycles. The maximum atomic E-state index is 12.2. The van der Waals surface area contributed by atoms with Crippen LogP contribution < -0.4 is 10.1 Å². The van der Waals surface area contributed by atoms with Crippen LogP contribution in [0, 0.1) is 18.3 Å². The number of furan rings is 1. The highest BCUT2D eigenvalue weighted by Gasteiger charge is 2.15. The quantitative estimate of drug-likeness (QED) is 0.718. The Morgan fingerprint density at radius 1 is 1.35 bits per heavy atom. The topological polar surface area (TPSA) is 88.1 Å². The Morgan fingerprint density at radius 2 is 2.12 bits per heavy atom. The van der Waals surface area contributed by atoms with Crippen LogP contribution >= 0.6 is 11.3 Å². The van der Waals surface area contributed by atoms with Crippen LogP contribution in [0.5, 0.6) is 5.75 Å². The van der Waals surface area contributed by atoms with E-state index < -0.39 is 6.10 Å². The van der Waals surface area contributed by atoms with Crippen molar-refractivity contribution < 1.29 is 13.9 Å². The minimum absolute atomic E-state index is 0.253. The second kappa shape index (κ2) is 7.85. The van der Waals surface area contributed by atoms with Crippen LogP contribution in [0.15, 0.2) is 46.2 Å². The van der Waals surface area contributed by atoms with Gasteiger partial charge in [0, 0.05) is 5.38 Å². The second-order valence-corrected chi connectivity index (χ2v) is 6.69. The zero-order chi connectivity index (χ0) is 18.5. The molecule has 2 aromatic heterocycles. The van der Waals surface area contributed by atoms with E-state index in [4.69, 9.17) is 14.4 Å². The average Bonchev–Trinajstić information content (AvgIpc) is 3.29. The standard InChI is InChI=1S/C19H17N3O3S/c1-12(24-15-5-3-14(9-20)4-6-15)19(23)21-10-16-7-8-18(25-16)17-11-26-13(2)22-17/h3-8,11-12H,10H2,1-2H3,(H,21,23)/t12-/m0/s1. The van der Waals surface area contributed by atoms with Crippen molar-refractivity contribution in [1.82, 2.24) is 10.3 Å². The van der Waals surface area contributed by atoms with E-state index in [0.717, 1.165) is 10.7 Å². The molecule has 0 fully saturated rings. The van der Waals surface area contributed by atoms with E-state index in [1.807, 2.05) is 30.5 Å². The summed E-state index contributed by atoms with van der Waals surface area (Å²) < 4.78 is 11.3. The predicted molar refractivity (Wildman–Crippen MR) is 97.6 cm³/mol. The summed E-state index contributed by atoms with van der Waals surface area (Å²) in [5.41, 5.74) is 1.33. The van der Waals surface area contributed by atoms with Crippen molar-refractivity contribution in [2.45, 2.75) is 26.5 Å². The monoisotopic (exact) mass is 367 g/mol. The number of nitriles is 1. The Hall–Kier alpha value is -3.11. The molecule has 1 aromatic carbocycles. The third-order valence-electron chi connectivity index (χ3n) is 3.64. The van der Waals surface area contributed by atoms with Crippen LogP contribution in [0.1, 0.15) is 23.3 Å². The van der Waals surface area contributed by atoms with Crippen LogP contribution in [0.2, 0.25) is 0 Å². The summed E-state index contributed by atoms with van der Waals surface area (Å²) in [6, 6.07) is 12.3. The maximum Gasteiger partial charge on any atom is 0.261 e. The van der Waals surface area contributed by atoms with Gasteiger partial charge < -0.3 is 14.5 Å². The van der Waals surface area contributed by atoms with Crippen molar-refractivity contribution in [1.29, 1.82) is 5.26 Å². The minimum Gasteiger partial charge on any atom is -0.481 e. The summed E-state index contributed by atoms with van der Waals surface area (Å²) in [6.07, 6.45) is -0.668. The molecule has 0 aliphatic heterocycles. The summed E-state index contributed by atoms with van der Waals surface area (Å²) in [7, 11) is 0. The van der Waals surface area contributed by atoms with Crippen LogP contribution in [-0.2, 0) is 11.3 Å². The number of hydrogen-bond acceptors (Lipinski definition) is 6. The van der Waals surface area contributed by atoms with Crippen LogP contribution in [0.3, 0.4) is 0 Å². The number of carbonyl (C=O) groups is 1. The van der Waals surface area contributed by atoms with Crippen molar-refractivity contribution in [3.05, 3.63) is 58.1 Å². The van der Waals surface area contributed by atoms with Gasteiger partial charge in [0.25, 0.3) is 5.91 Å². The van der Waals surface area contributed by atoms with Gasteiger partial charge in [-0.1, -0.05) is 0 Å². The Kier molecular flexibility index (Phi) is 5.34. The molecule has 6 nitrogen and oxygen atoms in total. The summed E-state index contributed by atoms with van der Waals surface area (Å²) in [4.78, 5) is 16.6. The lowest BCUT2D eigenvalue weighted by atomic mass is 10.2. The predicted octanol–water partition coefficient (Wildman–Crippen LogP) is 3.67. The number of thiazole rings is 1. The van der Waals surface area contributed by atoms with E-state index in [1.54, 1.807) is 42.5 Å². The Balaban J connectivity index is 1.53. The first kappa shape index (κ1) is 17.7. The molecular formula is C19H17N3O3S. The number of nitrogens with one attached hydrogen (secondary N) is 1. The molecule has 0 unspecified atom stereocenters. The number of amides is 1. The van der Waals surface area contributed by atoms with Gasteiger partial charge in [-0.15, -0.1) is 11.3 Å². The molecule has 0 aliphatic rings. The largest absolute Gasteiger partial charge is 0.481 e. The van der Waals surface area contributed by atoms with Crippen molar-refractivity contribution in [3.63, 3.8) is 0 Å². The number of carbonyl (C=O) groups excluding carboxylic acids is 1. The second-order valence-electron chi connectivity index (χ2n) is 5.63. The highest BCUT2D eigenvalue weighted by Crippen LogP contribution is 2.23. The molecular weight excluding hydrogens is 350 g/mol. The van der Waals surface area contributed by atoms with Gasteiger partial charge >= 0.3 is 0 Å². The first-order valence-corrected chi connectivity index (χ1v) is 8.89. The Bertz CT molecular complexity index is 938. The number of aryl methyl sites for hydroxylation is 1. The molecule has 132 valence electrons. The molecule has 1 amide bonds. The van der Waals surface area contributed by atoms with Crippen molar-refractivity contribution in [2.24, 2.45) is 0 Å². The maximum absolute atomic E-state index is 12.2. The number of hydrogen-bond donors (Lipinski definition) is 1. The summed E-state index contributed by atoms with van der Waals surface area (Å²) >= 11 is 1.56. The van der Waals surface area contributed by atoms with Gasteiger partial charge in [0.1, 0.15) is 17.2 Å². The molecule has 1 N–H and O–H groups in total. The molecule has 3 rings (SSSR count). The van der Waals surface area contributed by atoms with Gasteiger partial charge in [-0.3, -0.25) is 4.79 Å². The van der Waals surface area contributed by atoms with Crippen LogP contribution in [0.4, 0.5) is 0 Å². The summed E-state index contributed by atoms with van der Waals surface area (Å²) in [5, 5.41) is 14.5. The third-order valence-corrected chi connectivity index (χ3v) is 4.41. The Labute approximate surface area is 155 Å². The molecule has 0 saturated heterocycles. The summed E-state index contributed by atoms with van der Waals surface area (Å²) in [5.74, 6) is 1.60. The number of rotatable bonds is 6. The van der Waals surface area contributed by atoms with Crippen molar-refractivity contribution in [2.75, 3.05) is 0 Å². The van der Waals surface area contributed by atoms with Crippen LogP contribution in [-0.4, -0.2) is 17.0 Å². The number of nitrogens with zero attached hydrogens (tertiary/aromatic N) is 2. The first-order chi connectivity index (χ1) is 12.5. The minimum atomic E-state index is -0.668. The lowest BCUT2D eigenvalue weighted by Crippen LogP contribution is -2.35. The van der Waals surface area contributed by atoms with E-state index in [0.29, 0.717) is 22.8 Å². The summed E-state index contributed by atoms with van der Waals surface area (Å²) in [6.45, 7) is 3.87. The van der Waals surface area contributed by atoms with Gasteiger partial charge in [-0.25, -0.2) is 4.98 Å². The van der Waals surface area contributed by atoms with Crippen molar-refractivity contribution >= 4 is 17.2 Å². The van der Waals surface area contributed by atoms with Gasteiger partial charge in [-0.2, -0.15) is 5.26 Å². The number of ether oxygens (including phenoxy) is 1. The molecule has 0 radical (unpaired) electrons. The van der Waals surface area contributed by atoms with E-state index in [2.05, 4.69) is 10.3 Å². The average molecular weight is 367 g/mol. The molecule has 1 atom stereocenters. The van der Waals surface area contributed by atoms with E-state index in [9.17, 15) is 4.79 Å². The molecule has 26 heavy (non-hydrogen) atoms. The van der Waals surface area contributed by atoms with Gasteiger partial charge in [0.2, 0.25) is 0 Å². The third kappa shape index (κ3) is 4.29. The Morgan fingerprint density at radius 3 is 2.77 bits per heavy atom. The zero-order valence-electron chi connectivity index (χ0n) is 14.4. The van der Waals surface area contributed by atoms with E-state index in [-0.39, 0.29) is 12.5 Å². The fourth-order valence-electron chi connectivity index (χ4n) is 2.27. The molecule has 7 heteroatoms. The van der Waals surface area contributed by atoms with E-state index in [1.165, 1.54) is 0 Å². The molecule has 0 spiro atoms. The lowest BCUT2D eigenvalue weighted by molar-refractivity contribution is -0.127. The lowest BCUT2D eigenvalue weighted by Gasteiger charge is -2.14. The molecule has 0 bridgehead atoms. The smallest absolute Gasteiger partial charge is 0.261 e. The SMILES string of the molecule is Cc1nc(-c2ccc(CNC(=O)[C@H](C)Oc3ccc(C#N)cc3)o2)cs1. The normalized spacial score (nSPS) is 11.6. The first-order valence-electron chi connectivity index (χ1n) is 8.01. The molecule has 0 aliphatic carbocycles. The number of benzene rings is 1. The van der Waals surface area contributed by atoms with Gasteiger partial charge in [0.15, 0.2) is 11.9 Å². The zero-order valence-corrected chi connectivity index (χ0v) is 15.2. The highest BCUT2D eigenvalue weighted by molar-refractivity contribution is 7.09. The van der Waals surface area contributed by atoms with E-state index >= 15 is 0 Å². The molecule has 3 aromatic rings. The highest BCUT2D eigenvalue weighted by atomic mass is 32.1. The van der Waals surface area contributed by atoms with Gasteiger partial charge in [0.05, 0.1) is 23.2 Å². The number of aromatic nitrogens is 1. The van der Waals surface area contributed by atoms with Crippen molar-refractivity contribution in [3.8, 4) is 23.3 Å². The van der Waals surface area contributed by atoms with Crippen LogP contribution in [0.25, 0.3) is 11.5 Å². The van der Waals surface area contributed by atoms with Gasteiger partial charge in [-0.05, 0) is 50.2 Å². The fourth-order valence-corrected chi connectivity index (χ4v) is 2.87.